The zero-order valence-corrected chi connectivity index (χ0v) is 14.8. The van der Waals surface area contributed by atoms with Crippen molar-refractivity contribution >= 4 is 5.71 Å². The molecule has 0 aromatic carbocycles. The highest BCUT2D eigenvalue weighted by atomic mass is 14.8. The maximum absolute atomic E-state index is 4.45. The highest BCUT2D eigenvalue weighted by Crippen LogP contribution is 2.16. The minimum absolute atomic E-state index is 0.888. The van der Waals surface area contributed by atoms with E-state index in [0.29, 0.717) is 0 Å². The Bertz CT molecular complexity index is 312. The molecule has 21 heavy (non-hydrogen) atoms. The summed E-state index contributed by atoms with van der Waals surface area (Å²) in [5.74, 6) is 0.888. The van der Waals surface area contributed by atoms with E-state index in [1.807, 2.05) is 0 Å². The van der Waals surface area contributed by atoms with Crippen LogP contribution in [0.4, 0.5) is 0 Å². The first-order valence-corrected chi connectivity index (χ1v) is 9.40. The van der Waals surface area contributed by atoms with Crippen LogP contribution in [0.15, 0.2) is 16.6 Å². The highest BCUT2D eigenvalue weighted by molar-refractivity contribution is 5.99. The first kappa shape index (κ1) is 18.5. The van der Waals surface area contributed by atoms with Crippen LogP contribution in [0.2, 0.25) is 0 Å². The fourth-order valence-electron chi connectivity index (χ4n) is 3.09. The number of aliphatic imine (C=N–C) groups is 1. The minimum Gasteiger partial charge on any atom is -0.289 e. The maximum atomic E-state index is 4.45. The molecule has 0 spiro atoms. The lowest BCUT2D eigenvalue weighted by Crippen LogP contribution is -1.89. The quantitative estimate of drug-likeness (QED) is 0.354. The summed E-state index contributed by atoms with van der Waals surface area (Å²) in [5.41, 5.74) is 2.80. The van der Waals surface area contributed by atoms with Crippen LogP contribution in [-0.2, 0) is 0 Å². The fraction of sp³-hybridized carbons (Fsp3) is 0.850. The Balaban J connectivity index is 1.80. The fourth-order valence-corrected chi connectivity index (χ4v) is 3.09. The summed E-state index contributed by atoms with van der Waals surface area (Å²) in [6, 6.07) is 0. The van der Waals surface area contributed by atoms with Gasteiger partial charge in [0.15, 0.2) is 0 Å². The Labute approximate surface area is 133 Å². The predicted octanol–water partition coefficient (Wildman–Crippen LogP) is 6.72. The largest absolute Gasteiger partial charge is 0.289 e. The van der Waals surface area contributed by atoms with Crippen molar-refractivity contribution in [2.75, 3.05) is 6.54 Å². The van der Waals surface area contributed by atoms with Crippen molar-refractivity contribution < 1.29 is 0 Å². The predicted molar refractivity (Wildman–Crippen MR) is 96.3 cm³/mol. The van der Waals surface area contributed by atoms with E-state index < -0.39 is 0 Å². The van der Waals surface area contributed by atoms with Crippen molar-refractivity contribution in [1.29, 1.82) is 0 Å². The molecule has 0 saturated carbocycles. The van der Waals surface area contributed by atoms with Gasteiger partial charge in [-0.3, -0.25) is 4.99 Å². The Kier molecular flexibility index (Phi) is 10.6. The first-order valence-electron chi connectivity index (χ1n) is 9.40. The van der Waals surface area contributed by atoms with Gasteiger partial charge in [0.05, 0.1) is 0 Å². The van der Waals surface area contributed by atoms with Gasteiger partial charge in [-0.1, -0.05) is 77.7 Å². The third kappa shape index (κ3) is 9.87. The lowest BCUT2D eigenvalue weighted by Gasteiger charge is -2.04. The summed E-state index contributed by atoms with van der Waals surface area (Å²) in [6.07, 6.45) is 19.2. The Morgan fingerprint density at radius 2 is 1.48 bits per heavy atom. The van der Waals surface area contributed by atoms with E-state index in [-0.39, 0.29) is 0 Å². The van der Waals surface area contributed by atoms with E-state index in [4.69, 9.17) is 0 Å². The number of nitrogens with zero attached hydrogens (tertiary/aromatic N) is 1. The van der Waals surface area contributed by atoms with Crippen LogP contribution in [0, 0.1) is 5.92 Å². The minimum atomic E-state index is 0.888. The van der Waals surface area contributed by atoms with Gasteiger partial charge < -0.3 is 0 Å². The smallest absolute Gasteiger partial charge is 0.0433 e. The van der Waals surface area contributed by atoms with Crippen molar-refractivity contribution in [2.45, 2.75) is 97.8 Å². The second kappa shape index (κ2) is 12.0. The standard InChI is InChI=1S/C20H37N/c1-18(2)14-12-10-8-6-4-5-7-9-11-13-15-20-16-17-21-19(20)3/h15,18H,4-14,16-17H2,1-3H3/b20-15-. The normalized spacial score (nSPS) is 17.0. The van der Waals surface area contributed by atoms with Gasteiger partial charge >= 0.3 is 0 Å². The van der Waals surface area contributed by atoms with Crippen molar-refractivity contribution in [3.05, 3.63) is 11.6 Å². The average Bonchev–Trinajstić information content (AvgIpc) is 2.85. The number of hydrogen-bond acceptors (Lipinski definition) is 1. The maximum Gasteiger partial charge on any atom is 0.0433 e. The zero-order valence-electron chi connectivity index (χ0n) is 14.8. The Morgan fingerprint density at radius 3 is 2.00 bits per heavy atom. The molecule has 1 heteroatoms. The summed E-state index contributed by atoms with van der Waals surface area (Å²) < 4.78 is 0. The molecule has 0 aliphatic carbocycles. The SMILES string of the molecule is CC1=NCC/C1=C/CCCCCCCCCCCC(C)C. The van der Waals surface area contributed by atoms with Crippen molar-refractivity contribution in [3.63, 3.8) is 0 Å². The summed E-state index contributed by atoms with van der Waals surface area (Å²) in [6.45, 7) is 7.84. The molecule has 1 heterocycles. The molecule has 0 bridgehead atoms. The Hall–Kier alpha value is -0.590. The lowest BCUT2D eigenvalue weighted by atomic mass is 10.0. The molecular formula is C20H37N. The number of hydrogen-bond donors (Lipinski definition) is 0. The number of unbranched alkanes of at least 4 members (excludes halogenated alkanes) is 9. The van der Waals surface area contributed by atoms with Gasteiger partial charge in [-0.05, 0) is 37.7 Å². The lowest BCUT2D eigenvalue weighted by molar-refractivity contribution is 0.506. The van der Waals surface area contributed by atoms with Crippen molar-refractivity contribution in [1.82, 2.24) is 0 Å². The van der Waals surface area contributed by atoms with Crippen LogP contribution >= 0.6 is 0 Å². The molecule has 0 fully saturated rings. The molecule has 1 rings (SSSR count). The van der Waals surface area contributed by atoms with E-state index in [1.165, 1.54) is 88.3 Å². The van der Waals surface area contributed by atoms with E-state index in [9.17, 15) is 0 Å². The third-order valence-corrected chi connectivity index (χ3v) is 4.57. The van der Waals surface area contributed by atoms with Crippen LogP contribution in [0.5, 0.6) is 0 Å². The van der Waals surface area contributed by atoms with Gasteiger partial charge in [0.2, 0.25) is 0 Å². The molecule has 0 atom stereocenters. The molecule has 0 radical (unpaired) electrons. The summed E-state index contributed by atoms with van der Waals surface area (Å²) in [5, 5.41) is 0. The second-order valence-electron chi connectivity index (χ2n) is 7.10. The molecule has 0 saturated heterocycles. The Morgan fingerprint density at radius 1 is 0.905 bits per heavy atom. The number of rotatable bonds is 12. The van der Waals surface area contributed by atoms with Crippen LogP contribution in [0.1, 0.15) is 97.8 Å². The van der Waals surface area contributed by atoms with Gasteiger partial charge in [-0.25, -0.2) is 0 Å². The monoisotopic (exact) mass is 291 g/mol. The molecule has 1 aliphatic heterocycles. The molecule has 0 aromatic heterocycles. The second-order valence-corrected chi connectivity index (χ2v) is 7.10. The van der Waals surface area contributed by atoms with E-state index in [1.54, 1.807) is 0 Å². The van der Waals surface area contributed by atoms with Gasteiger partial charge in [-0.2, -0.15) is 0 Å². The molecule has 1 nitrogen and oxygen atoms in total. The van der Waals surface area contributed by atoms with E-state index in [0.717, 1.165) is 12.5 Å². The average molecular weight is 292 g/mol. The molecule has 1 aliphatic rings. The third-order valence-electron chi connectivity index (χ3n) is 4.57. The first-order chi connectivity index (χ1) is 10.2. The topological polar surface area (TPSA) is 12.4 Å². The molecule has 122 valence electrons. The van der Waals surface area contributed by atoms with Gasteiger partial charge in [0.1, 0.15) is 0 Å². The summed E-state index contributed by atoms with van der Waals surface area (Å²) in [7, 11) is 0. The van der Waals surface area contributed by atoms with E-state index >= 15 is 0 Å². The molecule has 0 aromatic rings. The van der Waals surface area contributed by atoms with Gasteiger partial charge in [-0.15, -0.1) is 0 Å². The van der Waals surface area contributed by atoms with Gasteiger partial charge in [0.25, 0.3) is 0 Å². The molecular weight excluding hydrogens is 254 g/mol. The van der Waals surface area contributed by atoms with Crippen LogP contribution in [0.3, 0.4) is 0 Å². The van der Waals surface area contributed by atoms with Crippen LogP contribution in [-0.4, -0.2) is 12.3 Å². The molecule has 0 N–H and O–H groups in total. The zero-order chi connectivity index (χ0) is 15.3. The van der Waals surface area contributed by atoms with E-state index in [2.05, 4.69) is 31.8 Å². The van der Waals surface area contributed by atoms with Crippen molar-refractivity contribution in [2.24, 2.45) is 10.9 Å². The van der Waals surface area contributed by atoms with Crippen molar-refractivity contribution in [3.8, 4) is 0 Å². The van der Waals surface area contributed by atoms with Gasteiger partial charge in [0, 0.05) is 12.3 Å². The molecule has 0 amide bonds. The molecule has 0 unspecified atom stereocenters. The summed E-state index contributed by atoms with van der Waals surface area (Å²) in [4.78, 5) is 4.45. The number of allylic oxidation sites excluding steroid dienone is 1. The summed E-state index contributed by atoms with van der Waals surface area (Å²) >= 11 is 0. The van der Waals surface area contributed by atoms with Crippen LogP contribution in [0.25, 0.3) is 0 Å². The van der Waals surface area contributed by atoms with Crippen LogP contribution < -0.4 is 0 Å². The highest BCUT2D eigenvalue weighted by Gasteiger charge is 2.06.